The molecule has 11 heavy (non-hydrogen) atoms. The molecule has 3 amide bonds. The lowest BCUT2D eigenvalue weighted by Crippen LogP contribution is -2.64. The smallest absolute Gasteiger partial charge is 0.323 e. The summed E-state index contributed by atoms with van der Waals surface area (Å²) in [7, 11) is 0. The molecule has 0 saturated carbocycles. The lowest BCUT2D eigenvalue weighted by atomic mass is 10.1. The van der Waals surface area contributed by atoms with E-state index in [-0.39, 0.29) is 0 Å². The van der Waals surface area contributed by atoms with Gasteiger partial charge in [-0.25, -0.2) is 4.79 Å². The van der Waals surface area contributed by atoms with E-state index in [0.29, 0.717) is 0 Å². The minimum Gasteiger partial charge on any atom is -0.372 e. The zero-order valence-corrected chi connectivity index (χ0v) is 7.31. The highest BCUT2D eigenvalue weighted by Gasteiger charge is 2.43. The molecule has 0 aromatic rings. The maximum absolute atomic E-state index is 11.0. The van der Waals surface area contributed by atoms with Gasteiger partial charge in [-0.05, 0) is 6.92 Å². The molecule has 1 aliphatic heterocycles. The molecule has 0 radical (unpaired) electrons. The Bertz CT molecular complexity index is 216. The number of hydrogen-bond acceptors (Lipinski definition) is 3. The molecule has 0 aliphatic carbocycles. The van der Waals surface area contributed by atoms with Crippen molar-refractivity contribution in [3.05, 3.63) is 0 Å². The molecule has 1 aliphatic rings. The molecule has 1 rings (SSSR count). The third-order valence-corrected chi connectivity index (χ3v) is 2.25. The van der Waals surface area contributed by atoms with E-state index >= 15 is 0 Å². The summed E-state index contributed by atoms with van der Waals surface area (Å²) in [6.07, 6.45) is -1.19. The summed E-state index contributed by atoms with van der Waals surface area (Å²) in [5.41, 5.74) is 0. The molecule has 62 valence electrons. The van der Waals surface area contributed by atoms with Crippen molar-refractivity contribution in [3.63, 3.8) is 0 Å². The molecule has 0 bridgehead atoms. The van der Waals surface area contributed by atoms with Gasteiger partial charge in [0.05, 0.1) is 0 Å². The number of nitrogens with one attached hydrogen (secondary N) is 2. The van der Waals surface area contributed by atoms with Crippen molar-refractivity contribution >= 4 is 27.9 Å². The predicted molar refractivity (Wildman–Crippen MR) is 40.0 cm³/mol. The van der Waals surface area contributed by atoms with Crippen LogP contribution in [0.3, 0.4) is 0 Å². The highest BCUT2D eigenvalue weighted by molar-refractivity contribution is 9.10. The summed E-state index contributed by atoms with van der Waals surface area (Å²) < 4.78 is -1.14. The first kappa shape index (κ1) is 8.48. The number of halogens is 1. The number of alkyl halides is 1. The number of carbonyl (C=O) groups excluding carboxylic acids is 2. The Kier molecular flexibility index (Phi) is 1.89. The van der Waals surface area contributed by atoms with E-state index in [0.717, 1.165) is 0 Å². The maximum atomic E-state index is 11.0. The Hall–Kier alpha value is -0.620. The second kappa shape index (κ2) is 2.46. The zero-order chi connectivity index (χ0) is 8.65. The maximum Gasteiger partial charge on any atom is 0.323 e. The monoisotopic (exact) mass is 222 g/mol. The lowest BCUT2D eigenvalue weighted by Gasteiger charge is -2.31. The van der Waals surface area contributed by atoms with Crippen molar-refractivity contribution in [1.82, 2.24) is 10.6 Å². The quantitative estimate of drug-likeness (QED) is 0.475. The van der Waals surface area contributed by atoms with Crippen molar-refractivity contribution in [2.75, 3.05) is 0 Å². The summed E-state index contributed by atoms with van der Waals surface area (Å²) in [6, 6.07) is -0.681. The molecule has 1 heterocycles. The van der Waals surface area contributed by atoms with E-state index in [4.69, 9.17) is 5.11 Å². The van der Waals surface area contributed by atoms with Crippen LogP contribution in [0.4, 0.5) is 4.79 Å². The van der Waals surface area contributed by atoms with E-state index < -0.39 is 22.5 Å². The SMILES string of the molecule is CC1(Br)C(=O)NC(=O)NC1O. The molecule has 6 heteroatoms. The van der Waals surface area contributed by atoms with Crippen molar-refractivity contribution in [2.24, 2.45) is 0 Å². The minimum atomic E-state index is -1.19. The van der Waals surface area contributed by atoms with Gasteiger partial charge in [0.1, 0.15) is 4.32 Å². The zero-order valence-electron chi connectivity index (χ0n) is 5.72. The Morgan fingerprint density at radius 1 is 1.64 bits per heavy atom. The molecule has 5 nitrogen and oxygen atoms in total. The van der Waals surface area contributed by atoms with Gasteiger partial charge in [-0.3, -0.25) is 10.1 Å². The first-order valence-corrected chi connectivity index (χ1v) is 3.73. The highest BCUT2D eigenvalue weighted by Crippen LogP contribution is 2.22. The lowest BCUT2D eigenvalue weighted by molar-refractivity contribution is -0.126. The van der Waals surface area contributed by atoms with E-state index in [2.05, 4.69) is 21.2 Å². The Labute approximate surface area is 71.3 Å². The van der Waals surface area contributed by atoms with E-state index in [1.807, 2.05) is 5.32 Å². The standard InChI is InChI=1S/C5H7BrN2O3/c1-5(6)2(9)7-4(11)8-3(5)10/h2,9H,1H3,(H2,7,8,10,11). The molecule has 1 saturated heterocycles. The van der Waals surface area contributed by atoms with Crippen LogP contribution in [0.5, 0.6) is 0 Å². The molecule has 2 unspecified atom stereocenters. The molecule has 0 aromatic heterocycles. The number of aliphatic hydroxyl groups is 1. The number of imide groups is 1. The van der Waals surface area contributed by atoms with Gasteiger partial charge in [0.2, 0.25) is 5.91 Å². The second-order valence-corrected chi connectivity index (χ2v) is 4.05. The van der Waals surface area contributed by atoms with Gasteiger partial charge in [-0.1, -0.05) is 15.9 Å². The Morgan fingerprint density at radius 3 is 2.64 bits per heavy atom. The van der Waals surface area contributed by atoms with Crippen molar-refractivity contribution in [1.29, 1.82) is 0 Å². The summed E-state index contributed by atoms with van der Waals surface area (Å²) in [4.78, 5) is 21.5. The van der Waals surface area contributed by atoms with E-state index in [1.54, 1.807) is 0 Å². The van der Waals surface area contributed by atoms with Crippen LogP contribution in [0, 0.1) is 0 Å². The second-order valence-electron chi connectivity index (χ2n) is 2.41. The van der Waals surface area contributed by atoms with Crippen molar-refractivity contribution in [3.8, 4) is 0 Å². The summed E-state index contributed by atoms with van der Waals surface area (Å²) in [5, 5.41) is 13.3. The predicted octanol–water partition coefficient (Wildman–Crippen LogP) is -0.702. The normalized spacial score (nSPS) is 37.9. The molecule has 2 atom stereocenters. The van der Waals surface area contributed by atoms with Gasteiger partial charge in [0, 0.05) is 0 Å². The van der Waals surface area contributed by atoms with Crippen LogP contribution in [0.2, 0.25) is 0 Å². The van der Waals surface area contributed by atoms with Crippen molar-refractivity contribution in [2.45, 2.75) is 17.5 Å². The number of hydrogen-bond donors (Lipinski definition) is 3. The third-order valence-electron chi connectivity index (χ3n) is 1.45. The Balaban J connectivity index is 2.84. The van der Waals surface area contributed by atoms with Gasteiger partial charge < -0.3 is 10.4 Å². The minimum absolute atomic E-state index is 0.547. The van der Waals surface area contributed by atoms with E-state index in [9.17, 15) is 9.59 Å². The number of aliphatic hydroxyl groups excluding tert-OH is 1. The molecular weight excluding hydrogens is 216 g/mol. The third kappa shape index (κ3) is 1.36. The first-order chi connectivity index (χ1) is 4.94. The fourth-order valence-electron chi connectivity index (χ4n) is 0.645. The molecule has 0 spiro atoms. The fraction of sp³-hybridized carbons (Fsp3) is 0.600. The topological polar surface area (TPSA) is 78.4 Å². The summed E-state index contributed by atoms with van der Waals surface area (Å²) >= 11 is 2.97. The molecule has 3 N–H and O–H groups in total. The van der Waals surface area contributed by atoms with Gasteiger partial charge in [0.15, 0.2) is 6.23 Å². The van der Waals surface area contributed by atoms with Gasteiger partial charge in [-0.2, -0.15) is 0 Å². The number of rotatable bonds is 0. The summed E-state index contributed by atoms with van der Waals surface area (Å²) in [6.45, 7) is 1.46. The van der Waals surface area contributed by atoms with Gasteiger partial charge in [0.25, 0.3) is 0 Å². The van der Waals surface area contributed by atoms with Crippen LogP contribution in [-0.2, 0) is 4.79 Å². The largest absolute Gasteiger partial charge is 0.372 e. The molecular formula is C5H7BrN2O3. The fourth-order valence-corrected chi connectivity index (χ4v) is 0.859. The Morgan fingerprint density at radius 2 is 2.18 bits per heavy atom. The van der Waals surface area contributed by atoms with Crippen LogP contribution in [0.1, 0.15) is 6.92 Å². The van der Waals surface area contributed by atoms with Crippen LogP contribution in [0.25, 0.3) is 0 Å². The highest BCUT2D eigenvalue weighted by atomic mass is 79.9. The molecule has 0 aromatic carbocycles. The average molecular weight is 223 g/mol. The first-order valence-electron chi connectivity index (χ1n) is 2.93. The molecule has 1 fully saturated rings. The summed E-state index contributed by atoms with van der Waals surface area (Å²) in [5.74, 6) is -0.547. The van der Waals surface area contributed by atoms with Gasteiger partial charge in [-0.15, -0.1) is 0 Å². The van der Waals surface area contributed by atoms with Crippen LogP contribution < -0.4 is 10.6 Å². The average Bonchev–Trinajstić information content (AvgIpc) is 1.84. The number of amides is 3. The van der Waals surface area contributed by atoms with Crippen molar-refractivity contribution < 1.29 is 14.7 Å². The van der Waals surface area contributed by atoms with Crippen LogP contribution >= 0.6 is 15.9 Å². The number of carbonyl (C=O) groups is 2. The number of urea groups is 1. The van der Waals surface area contributed by atoms with Gasteiger partial charge >= 0.3 is 6.03 Å². The van der Waals surface area contributed by atoms with E-state index in [1.165, 1.54) is 6.92 Å². The van der Waals surface area contributed by atoms with Crippen LogP contribution in [0.15, 0.2) is 0 Å². The van der Waals surface area contributed by atoms with Crippen LogP contribution in [-0.4, -0.2) is 27.6 Å².